The van der Waals surface area contributed by atoms with Crippen LogP contribution in [0.5, 0.6) is 0 Å². The minimum atomic E-state index is -0.298. The molecule has 2 aromatic heterocycles. The van der Waals surface area contributed by atoms with Crippen molar-refractivity contribution < 1.29 is 9.18 Å². The lowest BCUT2D eigenvalue weighted by molar-refractivity contribution is 0.0600. The topological polar surface area (TPSA) is 66.8 Å². The van der Waals surface area contributed by atoms with Crippen LogP contribution < -0.4 is 0 Å². The Balaban J connectivity index is 1.66. The number of aryl methyl sites for hydroxylation is 2. The molecule has 0 saturated carbocycles. The Bertz CT molecular complexity index is 976. The summed E-state index contributed by atoms with van der Waals surface area (Å²) in [5.41, 5.74) is 2.79. The Morgan fingerprint density at radius 3 is 3.04 bits per heavy atom. The number of hydrogen-bond donors (Lipinski definition) is 1. The van der Waals surface area contributed by atoms with Crippen LogP contribution in [0.2, 0.25) is 0 Å². The number of hydrogen-bond acceptors (Lipinski definition) is 3. The van der Waals surface area contributed by atoms with Gasteiger partial charge >= 0.3 is 0 Å². The van der Waals surface area contributed by atoms with Crippen molar-refractivity contribution in [2.45, 2.75) is 52.1 Å². The molecule has 3 aromatic rings. The monoisotopic (exact) mass is 369 g/mol. The van der Waals surface area contributed by atoms with Gasteiger partial charge in [0.25, 0.3) is 5.91 Å². The van der Waals surface area contributed by atoms with Crippen LogP contribution in [0.15, 0.2) is 24.4 Å². The predicted molar refractivity (Wildman–Crippen MR) is 101 cm³/mol. The van der Waals surface area contributed by atoms with E-state index in [0.29, 0.717) is 17.6 Å². The Morgan fingerprint density at radius 2 is 2.22 bits per heavy atom. The van der Waals surface area contributed by atoms with Gasteiger partial charge in [0.15, 0.2) is 0 Å². The zero-order chi connectivity index (χ0) is 19.0. The van der Waals surface area contributed by atoms with Gasteiger partial charge in [-0.25, -0.2) is 9.37 Å². The molecule has 3 heterocycles. The maximum absolute atomic E-state index is 13.5. The maximum Gasteiger partial charge on any atom is 0.257 e. The number of amides is 1. The number of nitrogens with one attached hydrogen (secondary N) is 1. The second-order valence-electron chi connectivity index (χ2n) is 7.18. The van der Waals surface area contributed by atoms with Crippen molar-refractivity contribution in [3.8, 4) is 0 Å². The maximum atomic E-state index is 13.5. The lowest BCUT2D eigenvalue weighted by atomic mass is 10.0. The number of piperidine rings is 1. The molecule has 27 heavy (non-hydrogen) atoms. The smallest absolute Gasteiger partial charge is 0.257 e. The fourth-order valence-corrected chi connectivity index (χ4v) is 3.84. The first-order valence-electron chi connectivity index (χ1n) is 9.57. The average molecular weight is 369 g/mol. The zero-order valence-corrected chi connectivity index (χ0v) is 15.7. The summed E-state index contributed by atoms with van der Waals surface area (Å²) in [4.78, 5) is 23.0. The fraction of sp³-hybridized carbons (Fsp3) is 0.450. The van der Waals surface area contributed by atoms with Crippen molar-refractivity contribution in [1.82, 2.24) is 24.6 Å². The Labute approximate surface area is 157 Å². The molecule has 6 nitrogen and oxygen atoms in total. The van der Waals surface area contributed by atoms with Crippen molar-refractivity contribution in [1.29, 1.82) is 0 Å². The molecule has 7 heteroatoms. The number of imidazole rings is 1. The summed E-state index contributed by atoms with van der Waals surface area (Å²) < 4.78 is 15.3. The second kappa shape index (κ2) is 7.13. The first-order chi connectivity index (χ1) is 13.1. The third-order valence-electron chi connectivity index (χ3n) is 5.17. The molecule has 1 fully saturated rings. The number of nitrogens with zero attached hydrogens (tertiary/aromatic N) is 4. The summed E-state index contributed by atoms with van der Waals surface area (Å²) in [5.74, 6) is 0.418. The molecule has 0 bridgehead atoms. The molecular weight excluding hydrogens is 345 g/mol. The van der Waals surface area contributed by atoms with Crippen LogP contribution in [0.4, 0.5) is 4.39 Å². The molecule has 1 atom stereocenters. The number of carbonyl (C=O) groups excluding carboxylic acids is 1. The van der Waals surface area contributed by atoms with Gasteiger partial charge in [-0.2, -0.15) is 5.10 Å². The molecule has 1 saturated heterocycles. The normalized spacial score (nSPS) is 17.6. The summed E-state index contributed by atoms with van der Waals surface area (Å²) in [6, 6.07) is 4.39. The summed E-state index contributed by atoms with van der Waals surface area (Å²) >= 11 is 0. The van der Waals surface area contributed by atoms with Crippen LogP contribution in [0, 0.1) is 12.7 Å². The van der Waals surface area contributed by atoms with Gasteiger partial charge in [-0.1, -0.05) is 6.92 Å². The summed E-state index contributed by atoms with van der Waals surface area (Å²) in [6.07, 6.45) is 5.67. The molecule has 1 aliphatic rings. The number of aromatic nitrogens is 4. The lowest BCUT2D eigenvalue weighted by Crippen LogP contribution is -2.39. The van der Waals surface area contributed by atoms with E-state index in [9.17, 15) is 9.18 Å². The van der Waals surface area contributed by atoms with Gasteiger partial charge in [0, 0.05) is 19.3 Å². The molecule has 1 amide bonds. The highest BCUT2D eigenvalue weighted by Gasteiger charge is 2.32. The number of fused-ring (bicyclic) bond motifs is 1. The lowest BCUT2D eigenvalue weighted by Gasteiger charge is -2.34. The van der Waals surface area contributed by atoms with Gasteiger partial charge in [-0.15, -0.1) is 0 Å². The van der Waals surface area contributed by atoms with E-state index >= 15 is 0 Å². The second-order valence-corrected chi connectivity index (χ2v) is 7.18. The van der Waals surface area contributed by atoms with Gasteiger partial charge in [0.1, 0.15) is 11.6 Å². The minimum Gasteiger partial charge on any atom is -0.340 e. The van der Waals surface area contributed by atoms with E-state index in [0.717, 1.165) is 49.3 Å². The molecule has 0 radical (unpaired) electrons. The highest BCUT2D eigenvalue weighted by atomic mass is 19.1. The molecule has 142 valence electrons. The third-order valence-corrected chi connectivity index (χ3v) is 5.17. The SMILES string of the molecule is CCCn1cc(C(=O)N2CCCC[C@H]2c2nc3ccc(F)cc3[nH]2)c(C)n1. The number of rotatable bonds is 4. The first-order valence-corrected chi connectivity index (χ1v) is 9.57. The molecule has 0 aliphatic carbocycles. The van der Waals surface area contributed by atoms with Crippen LogP contribution in [0.1, 0.15) is 60.5 Å². The van der Waals surface area contributed by atoms with E-state index < -0.39 is 0 Å². The number of likely N-dealkylation sites (tertiary alicyclic amines) is 1. The number of benzene rings is 1. The Hall–Kier alpha value is -2.70. The van der Waals surface area contributed by atoms with Gasteiger partial charge in [0.2, 0.25) is 0 Å². The summed E-state index contributed by atoms with van der Waals surface area (Å²) in [5, 5.41) is 4.46. The molecule has 0 unspecified atom stereocenters. The minimum absolute atomic E-state index is 0.00816. The van der Waals surface area contributed by atoms with E-state index in [4.69, 9.17) is 0 Å². The van der Waals surface area contributed by atoms with Crippen LogP contribution in [-0.2, 0) is 6.54 Å². The van der Waals surface area contributed by atoms with Crippen LogP contribution >= 0.6 is 0 Å². The highest BCUT2D eigenvalue weighted by Crippen LogP contribution is 2.32. The van der Waals surface area contributed by atoms with Crippen molar-refractivity contribution in [3.63, 3.8) is 0 Å². The van der Waals surface area contributed by atoms with E-state index in [2.05, 4.69) is 22.0 Å². The van der Waals surface area contributed by atoms with E-state index in [1.807, 2.05) is 22.7 Å². The summed E-state index contributed by atoms with van der Waals surface area (Å²) in [7, 11) is 0. The first kappa shape index (κ1) is 17.7. The van der Waals surface area contributed by atoms with Crippen molar-refractivity contribution in [3.05, 3.63) is 47.3 Å². The molecular formula is C20H24FN5O. The standard InChI is InChI=1S/C20H24FN5O/c1-3-9-25-12-15(13(2)24-25)20(27)26-10-5-4-6-18(26)19-22-16-8-7-14(21)11-17(16)23-19/h7-8,11-12,18H,3-6,9-10H2,1-2H3,(H,22,23)/t18-/m0/s1. The van der Waals surface area contributed by atoms with Crippen molar-refractivity contribution >= 4 is 16.9 Å². The third kappa shape index (κ3) is 3.34. The van der Waals surface area contributed by atoms with Gasteiger partial charge < -0.3 is 9.88 Å². The number of carbonyl (C=O) groups is 1. The van der Waals surface area contributed by atoms with E-state index in [-0.39, 0.29) is 17.8 Å². The van der Waals surface area contributed by atoms with E-state index in [1.165, 1.54) is 12.1 Å². The Morgan fingerprint density at radius 1 is 1.37 bits per heavy atom. The quantitative estimate of drug-likeness (QED) is 0.756. The average Bonchev–Trinajstić information content (AvgIpc) is 3.24. The highest BCUT2D eigenvalue weighted by molar-refractivity contribution is 5.95. The number of aromatic amines is 1. The fourth-order valence-electron chi connectivity index (χ4n) is 3.84. The molecule has 1 N–H and O–H groups in total. The number of halogens is 1. The van der Waals surface area contributed by atoms with Crippen LogP contribution in [-0.4, -0.2) is 37.1 Å². The van der Waals surface area contributed by atoms with Crippen molar-refractivity contribution in [2.75, 3.05) is 6.54 Å². The number of H-pyrrole nitrogens is 1. The molecule has 4 rings (SSSR count). The molecule has 0 spiro atoms. The van der Waals surface area contributed by atoms with Gasteiger partial charge in [0.05, 0.1) is 28.3 Å². The Kier molecular flexibility index (Phi) is 4.68. The van der Waals surface area contributed by atoms with Crippen LogP contribution in [0.25, 0.3) is 11.0 Å². The molecule has 1 aromatic carbocycles. The largest absolute Gasteiger partial charge is 0.340 e. The molecule has 1 aliphatic heterocycles. The summed E-state index contributed by atoms with van der Waals surface area (Å²) in [6.45, 7) is 5.45. The van der Waals surface area contributed by atoms with E-state index in [1.54, 1.807) is 6.07 Å². The van der Waals surface area contributed by atoms with Crippen LogP contribution in [0.3, 0.4) is 0 Å². The predicted octanol–water partition coefficient (Wildman–Crippen LogP) is 3.98. The van der Waals surface area contributed by atoms with Gasteiger partial charge in [-0.05, 0) is 50.8 Å². The zero-order valence-electron chi connectivity index (χ0n) is 15.7. The van der Waals surface area contributed by atoms with Crippen molar-refractivity contribution in [2.24, 2.45) is 0 Å². The van der Waals surface area contributed by atoms with Gasteiger partial charge in [-0.3, -0.25) is 9.48 Å².